The average Bonchev–Trinajstić information content (AvgIpc) is 2.13. The molecule has 3 fully saturated rings. The number of carbonyl (C=O) groups excluding carboxylic acids is 2. The van der Waals surface area contributed by atoms with E-state index in [0.717, 1.165) is 32.1 Å². The summed E-state index contributed by atoms with van der Waals surface area (Å²) in [6, 6.07) is 0. The molecule has 1 N–H and O–H groups in total. The van der Waals surface area contributed by atoms with Gasteiger partial charge in [-0.3, -0.25) is 0 Å². The van der Waals surface area contributed by atoms with Crippen LogP contribution in [0, 0.1) is 0 Å². The summed E-state index contributed by atoms with van der Waals surface area (Å²) >= 11 is 0. The van der Waals surface area contributed by atoms with Gasteiger partial charge in [-0.25, -0.2) is 9.59 Å². The van der Waals surface area contributed by atoms with Crippen LogP contribution < -0.4 is 5.32 Å². The predicted molar refractivity (Wildman–Crippen MR) is 56.8 cm³/mol. The van der Waals surface area contributed by atoms with Crippen LogP contribution in [0.5, 0.6) is 0 Å². The van der Waals surface area contributed by atoms with Crippen molar-refractivity contribution in [1.29, 1.82) is 0 Å². The van der Waals surface area contributed by atoms with E-state index in [4.69, 9.17) is 4.74 Å². The Morgan fingerprint density at radius 3 is 2.75 bits per heavy atom. The van der Waals surface area contributed by atoms with Gasteiger partial charge in [0, 0.05) is 0 Å². The smallest absolute Gasteiger partial charge is 0.407 e. The first kappa shape index (κ1) is 11.1. The Bertz CT molecular complexity index is 327. The van der Waals surface area contributed by atoms with Crippen molar-refractivity contribution in [1.82, 2.24) is 5.32 Å². The number of nitrogens with one attached hydrogen (secondary N) is 1. The number of rotatable bonds is 5. The highest BCUT2D eigenvalue weighted by molar-refractivity contribution is 5.69. The zero-order valence-electron chi connectivity index (χ0n) is 9.41. The minimum atomic E-state index is -0.350. The summed E-state index contributed by atoms with van der Waals surface area (Å²) in [5, 5.41) is 2.85. The molecule has 0 atom stereocenters. The highest BCUT2D eigenvalue weighted by Gasteiger charge is 2.69. The highest BCUT2D eigenvalue weighted by atomic mass is 16.5. The molecule has 3 aliphatic carbocycles. The summed E-state index contributed by atoms with van der Waals surface area (Å²) in [5.41, 5.74) is -0.359. The van der Waals surface area contributed by atoms with E-state index in [2.05, 4.69) is 10.3 Å². The van der Waals surface area contributed by atoms with Gasteiger partial charge in [0.2, 0.25) is 6.08 Å². The largest absolute Gasteiger partial charge is 0.450 e. The number of ether oxygens (including phenoxy) is 1. The quantitative estimate of drug-likeness (QED) is 0.437. The maximum atomic E-state index is 11.4. The molecule has 0 aromatic carbocycles. The van der Waals surface area contributed by atoms with Crippen molar-refractivity contribution >= 4 is 12.2 Å². The number of aliphatic imine (C=N–C) groups is 1. The molecule has 0 spiro atoms. The molecule has 5 nitrogen and oxygen atoms in total. The van der Waals surface area contributed by atoms with Crippen LogP contribution in [0.15, 0.2) is 4.99 Å². The summed E-state index contributed by atoms with van der Waals surface area (Å²) in [6.45, 7) is 2.51. The third kappa shape index (κ3) is 1.83. The molecule has 0 saturated heterocycles. The van der Waals surface area contributed by atoms with E-state index in [1.54, 1.807) is 6.08 Å². The number of hydrogen-bond donors (Lipinski definition) is 1. The first-order valence-electron chi connectivity index (χ1n) is 5.68. The molecule has 0 aromatic rings. The van der Waals surface area contributed by atoms with E-state index >= 15 is 0 Å². The van der Waals surface area contributed by atoms with E-state index < -0.39 is 0 Å². The van der Waals surface area contributed by atoms with Gasteiger partial charge in [0.05, 0.1) is 17.7 Å². The number of hydrogen-bond acceptors (Lipinski definition) is 4. The third-order valence-electron chi connectivity index (χ3n) is 3.38. The Hall–Kier alpha value is -1.35. The molecular weight excluding hydrogens is 208 g/mol. The second kappa shape index (κ2) is 3.91. The van der Waals surface area contributed by atoms with Crippen LogP contribution in [-0.4, -0.2) is 29.9 Å². The van der Waals surface area contributed by atoms with E-state index in [0.29, 0.717) is 6.61 Å². The molecule has 16 heavy (non-hydrogen) atoms. The normalized spacial score (nSPS) is 34.1. The molecule has 0 radical (unpaired) electrons. The number of nitrogens with zero attached hydrogens (tertiary/aromatic N) is 1. The second-order valence-electron chi connectivity index (χ2n) is 4.85. The van der Waals surface area contributed by atoms with Crippen molar-refractivity contribution in [3.05, 3.63) is 0 Å². The van der Waals surface area contributed by atoms with E-state index in [1.165, 1.54) is 0 Å². The summed E-state index contributed by atoms with van der Waals surface area (Å²) in [7, 11) is 0. The lowest BCUT2D eigenvalue weighted by Gasteiger charge is -2.67. The Morgan fingerprint density at radius 2 is 2.19 bits per heavy atom. The molecular formula is C11H16N2O3. The van der Waals surface area contributed by atoms with Gasteiger partial charge >= 0.3 is 6.09 Å². The summed E-state index contributed by atoms with van der Waals surface area (Å²) in [4.78, 5) is 25.3. The van der Waals surface area contributed by atoms with Crippen molar-refractivity contribution in [2.75, 3.05) is 6.61 Å². The molecule has 3 aliphatic rings. The van der Waals surface area contributed by atoms with Gasteiger partial charge in [-0.15, -0.1) is 0 Å². The van der Waals surface area contributed by atoms with Crippen molar-refractivity contribution in [2.24, 2.45) is 4.99 Å². The Labute approximate surface area is 94.3 Å². The Balaban J connectivity index is 1.70. The summed E-state index contributed by atoms with van der Waals surface area (Å²) < 4.78 is 5.01. The van der Waals surface area contributed by atoms with Crippen LogP contribution in [0.2, 0.25) is 0 Å². The van der Waals surface area contributed by atoms with Crippen molar-refractivity contribution in [3.63, 3.8) is 0 Å². The molecule has 0 aromatic heterocycles. The van der Waals surface area contributed by atoms with Gasteiger partial charge in [-0.1, -0.05) is 13.3 Å². The number of alkyl carbamates (subject to hydrolysis) is 1. The van der Waals surface area contributed by atoms with Crippen LogP contribution >= 0.6 is 0 Å². The minimum Gasteiger partial charge on any atom is -0.450 e. The third-order valence-corrected chi connectivity index (χ3v) is 3.38. The number of amides is 1. The summed E-state index contributed by atoms with van der Waals surface area (Å²) in [6.07, 6.45) is 5.38. The monoisotopic (exact) mass is 224 g/mol. The fourth-order valence-electron chi connectivity index (χ4n) is 2.64. The second-order valence-corrected chi connectivity index (χ2v) is 4.85. The molecule has 0 aliphatic heterocycles. The zero-order valence-corrected chi connectivity index (χ0v) is 9.41. The van der Waals surface area contributed by atoms with Gasteiger partial charge in [0.25, 0.3) is 0 Å². The van der Waals surface area contributed by atoms with Crippen molar-refractivity contribution in [2.45, 2.75) is 50.1 Å². The van der Waals surface area contributed by atoms with Crippen LogP contribution in [0.3, 0.4) is 0 Å². The van der Waals surface area contributed by atoms with Crippen molar-refractivity contribution < 1.29 is 14.3 Å². The van der Waals surface area contributed by atoms with E-state index in [1.807, 2.05) is 6.92 Å². The lowest BCUT2D eigenvalue weighted by molar-refractivity contribution is -0.0726. The average molecular weight is 224 g/mol. The minimum absolute atomic E-state index is 0.149. The van der Waals surface area contributed by atoms with Gasteiger partial charge in [0.1, 0.15) is 0 Å². The van der Waals surface area contributed by atoms with Crippen molar-refractivity contribution in [3.8, 4) is 0 Å². The number of unbranched alkanes of at least 4 members (excludes halogenated alkanes) is 1. The fraction of sp³-hybridized carbons (Fsp3) is 0.818. The SMILES string of the molecule is CCCCOC(=O)NC12CC(N=C=O)(C1)C2. The summed E-state index contributed by atoms with van der Waals surface area (Å²) in [5.74, 6) is 0. The molecule has 88 valence electrons. The Morgan fingerprint density at radius 1 is 1.50 bits per heavy atom. The van der Waals surface area contributed by atoms with Gasteiger partial charge in [-0.2, -0.15) is 4.99 Å². The molecule has 3 saturated carbocycles. The molecule has 5 heteroatoms. The van der Waals surface area contributed by atoms with Gasteiger partial charge in [-0.05, 0) is 25.7 Å². The van der Waals surface area contributed by atoms with E-state index in [9.17, 15) is 9.59 Å². The molecule has 2 bridgehead atoms. The maximum Gasteiger partial charge on any atom is 0.407 e. The number of carbonyl (C=O) groups is 1. The predicted octanol–water partition coefficient (Wildman–Crippen LogP) is 1.52. The number of isocyanates is 1. The lowest BCUT2D eigenvalue weighted by atomic mass is 9.44. The first-order chi connectivity index (χ1) is 7.64. The highest BCUT2D eigenvalue weighted by Crippen LogP contribution is 2.62. The zero-order chi connectivity index (χ0) is 11.6. The standard InChI is InChI=1S/C11H16N2O3/c1-2-3-4-16-9(15)13-11-5-10(6-11,7-11)12-8-14/h2-7H2,1H3,(H,13,15). The molecule has 0 unspecified atom stereocenters. The van der Waals surface area contributed by atoms with Crippen LogP contribution in [0.25, 0.3) is 0 Å². The maximum absolute atomic E-state index is 11.4. The van der Waals surface area contributed by atoms with Gasteiger partial charge < -0.3 is 10.1 Å². The molecule has 1 amide bonds. The van der Waals surface area contributed by atoms with Gasteiger partial charge in [0.15, 0.2) is 0 Å². The first-order valence-corrected chi connectivity index (χ1v) is 5.68. The molecule has 0 heterocycles. The Kier molecular flexibility index (Phi) is 2.72. The van der Waals surface area contributed by atoms with Crippen LogP contribution in [0.4, 0.5) is 4.79 Å². The molecule has 3 rings (SSSR count). The van der Waals surface area contributed by atoms with Crippen LogP contribution in [0.1, 0.15) is 39.0 Å². The lowest BCUT2D eigenvalue weighted by Crippen LogP contribution is -2.77. The topological polar surface area (TPSA) is 67.8 Å². The fourth-order valence-corrected chi connectivity index (χ4v) is 2.64. The van der Waals surface area contributed by atoms with E-state index in [-0.39, 0.29) is 17.2 Å². The van der Waals surface area contributed by atoms with Crippen LogP contribution in [-0.2, 0) is 9.53 Å².